The minimum atomic E-state index is -4.07. The van der Waals surface area contributed by atoms with Gasteiger partial charge in [-0.2, -0.15) is 8.78 Å². The highest BCUT2D eigenvalue weighted by Gasteiger charge is 2.41. The molecule has 0 saturated heterocycles. The van der Waals surface area contributed by atoms with Gasteiger partial charge in [-0.3, -0.25) is 0 Å². The van der Waals surface area contributed by atoms with Crippen LogP contribution in [0.4, 0.5) is 17.6 Å². The Labute approximate surface area is 93.3 Å². The lowest BCUT2D eigenvalue weighted by Crippen LogP contribution is -2.39. The second-order valence-electron chi connectivity index (χ2n) is 3.96. The van der Waals surface area contributed by atoms with Gasteiger partial charge in [0, 0.05) is 6.54 Å². The lowest BCUT2D eigenvalue weighted by Gasteiger charge is -2.24. The van der Waals surface area contributed by atoms with Gasteiger partial charge in [0.1, 0.15) is 6.61 Å². The Balaban J connectivity index is 4.11. The third-order valence-electron chi connectivity index (χ3n) is 2.15. The van der Waals surface area contributed by atoms with Crippen molar-refractivity contribution in [2.75, 3.05) is 19.7 Å². The molecule has 0 aromatic carbocycles. The zero-order valence-electron chi connectivity index (χ0n) is 9.77. The lowest BCUT2D eigenvalue weighted by molar-refractivity contribution is -0.179. The quantitative estimate of drug-likeness (QED) is 0.663. The molecule has 0 aromatic rings. The summed E-state index contributed by atoms with van der Waals surface area (Å²) in [4.78, 5) is 0. The average Bonchev–Trinajstić information content (AvgIpc) is 2.16. The monoisotopic (exact) mass is 245 g/mol. The van der Waals surface area contributed by atoms with Crippen LogP contribution in [0.1, 0.15) is 20.8 Å². The van der Waals surface area contributed by atoms with Crippen molar-refractivity contribution in [3.63, 3.8) is 0 Å². The summed E-state index contributed by atoms with van der Waals surface area (Å²) in [7, 11) is 0. The fourth-order valence-corrected chi connectivity index (χ4v) is 1.05. The normalized spacial score (nSPS) is 14.8. The molecule has 0 saturated carbocycles. The summed E-state index contributed by atoms with van der Waals surface area (Å²) in [5, 5.41) is 2.94. The molecule has 1 N–H and O–H groups in total. The number of nitrogens with one attached hydrogen (secondary N) is 1. The van der Waals surface area contributed by atoms with E-state index in [1.54, 1.807) is 13.8 Å². The number of hydrogen-bond acceptors (Lipinski definition) is 2. The predicted octanol–water partition coefficient (Wildman–Crippen LogP) is 2.54. The smallest absolute Gasteiger partial charge is 0.330 e. The van der Waals surface area contributed by atoms with Gasteiger partial charge in [-0.1, -0.05) is 20.8 Å². The molecule has 0 heterocycles. The van der Waals surface area contributed by atoms with Crippen molar-refractivity contribution in [3.05, 3.63) is 0 Å². The predicted molar refractivity (Wildman–Crippen MR) is 54.1 cm³/mol. The van der Waals surface area contributed by atoms with E-state index >= 15 is 0 Å². The number of alkyl halides is 4. The minimum absolute atomic E-state index is 0.00692. The van der Waals surface area contributed by atoms with Crippen LogP contribution >= 0.6 is 0 Å². The van der Waals surface area contributed by atoms with Crippen molar-refractivity contribution >= 4 is 0 Å². The molecule has 0 rings (SSSR count). The maximum Gasteiger partial charge on any atom is 0.330 e. The van der Waals surface area contributed by atoms with Crippen LogP contribution in [-0.4, -0.2) is 38.1 Å². The van der Waals surface area contributed by atoms with Gasteiger partial charge < -0.3 is 10.1 Å². The molecule has 16 heavy (non-hydrogen) atoms. The molecular formula is C10H19F4NO. The molecule has 0 radical (unpaired) electrons. The average molecular weight is 245 g/mol. The van der Waals surface area contributed by atoms with E-state index in [1.807, 2.05) is 6.92 Å². The van der Waals surface area contributed by atoms with Crippen molar-refractivity contribution in [2.24, 2.45) is 5.92 Å². The van der Waals surface area contributed by atoms with Gasteiger partial charge in [-0.05, 0) is 12.5 Å². The van der Waals surface area contributed by atoms with Crippen molar-refractivity contribution < 1.29 is 22.3 Å². The molecule has 6 heteroatoms. The summed E-state index contributed by atoms with van der Waals surface area (Å²) in [5.74, 6) is -4.08. The standard InChI is InChI=1S/C10H19F4NO/c1-4-15-5-8(7(2)3)16-6-10(13,14)9(11)12/h7-9,15H,4-6H2,1-3H3. The first kappa shape index (κ1) is 15.6. The van der Waals surface area contributed by atoms with Crippen molar-refractivity contribution in [1.82, 2.24) is 5.32 Å². The fraction of sp³-hybridized carbons (Fsp3) is 1.00. The number of likely N-dealkylation sites (N-methyl/N-ethyl adjacent to an activating group) is 1. The molecule has 0 aliphatic carbocycles. The van der Waals surface area contributed by atoms with Crippen molar-refractivity contribution in [3.8, 4) is 0 Å². The largest absolute Gasteiger partial charge is 0.370 e. The summed E-state index contributed by atoms with van der Waals surface area (Å²) in [6.07, 6.45) is -4.16. The van der Waals surface area contributed by atoms with E-state index in [0.29, 0.717) is 13.1 Å². The molecule has 1 unspecified atom stereocenters. The van der Waals surface area contributed by atoms with E-state index in [2.05, 4.69) is 5.32 Å². The van der Waals surface area contributed by atoms with E-state index < -0.39 is 25.1 Å². The minimum Gasteiger partial charge on any atom is -0.370 e. The third kappa shape index (κ3) is 5.65. The number of ether oxygens (including phenoxy) is 1. The lowest BCUT2D eigenvalue weighted by atomic mass is 10.1. The van der Waals surface area contributed by atoms with Gasteiger partial charge in [0.25, 0.3) is 0 Å². The van der Waals surface area contributed by atoms with Gasteiger partial charge in [0.2, 0.25) is 0 Å². The molecule has 0 amide bonds. The van der Waals surface area contributed by atoms with Gasteiger partial charge in [-0.25, -0.2) is 8.78 Å². The second kappa shape index (κ2) is 7.06. The maximum atomic E-state index is 12.6. The zero-order valence-corrected chi connectivity index (χ0v) is 9.77. The van der Waals surface area contributed by atoms with Crippen LogP contribution in [0.5, 0.6) is 0 Å². The molecule has 98 valence electrons. The highest BCUT2D eigenvalue weighted by Crippen LogP contribution is 2.24. The van der Waals surface area contributed by atoms with Crippen LogP contribution in [0.2, 0.25) is 0 Å². The van der Waals surface area contributed by atoms with Crippen molar-refractivity contribution in [1.29, 1.82) is 0 Å². The number of hydrogen-bond donors (Lipinski definition) is 1. The first-order valence-corrected chi connectivity index (χ1v) is 5.29. The van der Waals surface area contributed by atoms with Crippen LogP contribution in [0, 0.1) is 5.92 Å². The zero-order chi connectivity index (χ0) is 12.8. The van der Waals surface area contributed by atoms with E-state index in [9.17, 15) is 17.6 Å². The van der Waals surface area contributed by atoms with Crippen LogP contribution in [0.15, 0.2) is 0 Å². The van der Waals surface area contributed by atoms with Crippen LogP contribution in [0.25, 0.3) is 0 Å². The van der Waals surface area contributed by atoms with Crippen LogP contribution < -0.4 is 5.32 Å². The van der Waals surface area contributed by atoms with Crippen LogP contribution in [0.3, 0.4) is 0 Å². The van der Waals surface area contributed by atoms with E-state index in [4.69, 9.17) is 4.74 Å². The van der Waals surface area contributed by atoms with Crippen LogP contribution in [-0.2, 0) is 4.74 Å². The Morgan fingerprint density at radius 2 is 1.81 bits per heavy atom. The summed E-state index contributed by atoms with van der Waals surface area (Å²) < 4.78 is 53.8. The fourth-order valence-electron chi connectivity index (χ4n) is 1.05. The molecule has 1 atom stereocenters. The first-order valence-electron chi connectivity index (χ1n) is 5.29. The molecular weight excluding hydrogens is 226 g/mol. The van der Waals surface area contributed by atoms with Gasteiger partial charge in [-0.15, -0.1) is 0 Å². The molecule has 0 bridgehead atoms. The Morgan fingerprint density at radius 1 is 1.25 bits per heavy atom. The third-order valence-corrected chi connectivity index (χ3v) is 2.15. The van der Waals surface area contributed by atoms with Gasteiger partial charge in [0.15, 0.2) is 0 Å². The molecule has 0 fully saturated rings. The molecule has 0 spiro atoms. The topological polar surface area (TPSA) is 21.3 Å². The SMILES string of the molecule is CCNCC(OCC(F)(F)C(F)F)C(C)C. The van der Waals surface area contributed by atoms with E-state index in [1.165, 1.54) is 0 Å². The molecule has 0 aromatic heterocycles. The summed E-state index contributed by atoms with van der Waals surface area (Å²) in [6.45, 7) is 5.28. The van der Waals surface area contributed by atoms with Crippen molar-refractivity contribution in [2.45, 2.75) is 39.2 Å². The van der Waals surface area contributed by atoms with E-state index in [-0.39, 0.29) is 5.92 Å². The Hall–Kier alpha value is -0.360. The highest BCUT2D eigenvalue weighted by atomic mass is 19.3. The Kier molecular flexibility index (Phi) is 6.90. The first-order chi connectivity index (χ1) is 7.31. The molecule has 2 nitrogen and oxygen atoms in total. The molecule has 0 aliphatic rings. The van der Waals surface area contributed by atoms with E-state index in [0.717, 1.165) is 0 Å². The number of rotatable bonds is 8. The number of halogens is 4. The summed E-state index contributed by atoms with van der Waals surface area (Å²) >= 11 is 0. The maximum absolute atomic E-state index is 12.6. The highest BCUT2D eigenvalue weighted by molar-refractivity contribution is 4.72. The summed E-state index contributed by atoms with van der Waals surface area (Å²) in [6, 6.07) is 0. The second-order valence-corrected chi connectivity index (χ2v) is 3.96. The molecule has 0 aliphatic heterocycles. The van der Waals surface area contributed by atoms with Gasteiger partial charge >= 0.3 is 12.3 Å². The Morgan fingerprint density at radius 3 is 2.19 bits per heavy atom. The Bertz CT molecular complexity index is 188. The summed E-state index contributed by atoms with van der Waals surface area (Å²) in [5.41, 5.74) is 0. The van der Waals surface area contributed by atoms with Gasteiger partial charge in [0.05, 0.1) is 6.10 Å².